The number of nitrogens with one attached hydrogen (secondary N) is 2. The minimum Gasteiger partial charge on any atom is -0.383 e. The molecule has 1 saturated heterocycles. The van der Waals surface area contributed by atoms with Gasteiger partial charge in [-0.15, -0.1) is 0 Å². The molecular formula is C24H24FN7O3. The maximum absolute atomic E-state index is 14.7. The second-order valence-corrected chi connectivity index (χ2v) is 8.59. The number of hydrogen-bond donors (Lipinski definition) is 2. The van der Waals surface area contributed by atoms with Crippen LogP contribution in [0.25, 0.3) is 0 Å². The van der Waals surface area contributed by atoms with Crippen LogP contribution in [0, 0.1) is 5.82 Å². The summed E-state index contributed by atoms with van der Waals surface area (Å²) in [6, 6.07) is 4.44. The molecular weight excluding hydrogens is 453 g/mol. The standard InChI is InChI=1S/C24H24FN7O3/c25-19-4-3-15(11-20-21-17(2-1-5-28-21)22(33)30-29-20)10-18(19)24(35)32-8-6-31(7-9-32)23(34)16-12-26-14-27-13-16/h3-4,10,12-14,28H,1-2,5-9,11H2,(H,30,33). The highest BCUT2D eigenvalue weighted by molar-refractivity contribution is 5.96. The molecule has 1 fully saturated rings. The predicted molar refractivity (Wildman–Crippen MR) is 125 cm³/mol. The molecule has 2 aromatic heterocycles. The lowest BCUT2D eigenvalue weighted by atomic mass is 9.99. The Balaban J connectivity index is 1.29. The number of aromatic nitrogens is 4. The van der Waals surface area contributed by atoms with E-state index in [-0.39, 0.29) is 17.0 Å². The molecule has 10 nitrogen and oxygen atoms in total. The minimum absolute atomic E-state index is 0.0232. The zero-order chi connectivity index (χ0) is 24.4. The fourth-order valence-corrected chi connectivity index (χ4v) is 4.50. The molecule has 2 aliphatic rings. The molecule has 0 bridgehead atoms. The highest BCUT2D eigenvalue weighted by Gasteiger charge is 2.27. The van der Waals surface area contributed by atoms with E-state index in [1.807, 2.05) is 0 Å². The first-order valence-electron chi connectivity index (χ1n) is 11.5. The Morgan fingerprint density at radius 3 is 2.49 bits per heavy atom. The first-order chi connectivity index (χ1) is 17.0. The van der Waals surface area contributed by atoms with Crippen LogP contribution < -0.4 is 10.9 Å². The maximum atomic E-state index is 14.7. The van der Waals surface area contributed by atoms with Crippen LogP contribution in [0.3, 0.4) is 0 Å². The van der Waals surface area contributed by atoms with E-state index in [2.05, 4.69) is 25.5 Å². The van der Waals surface area contributed by atoms with Gasteiger partial charge in [-0.1, -0.05) is 6.07 Å². The first kappa shape index (κ1) is 22.6. The number of H-pyrrole nitrogens is 1. The Morgan fingerprint density at radius 1 is 1.03 bits per heavy atom. The van der Waals surface area contributed by atoms with Crippen LogP contribution in [0.5, 0.6) is 0 Å². The molecule has 0 saturated carbocycles. The van der Waals surface area contributed by atoms with Crippen LogP contribution in [-0.2, 0) is 12.8 Å². The quantitative estimate of drug-likeness (QED) is 0.580. The van der Waals surface area contributed by atoms with Gasteiger partial charge in [0.25, 0.3) is 17.4 Å². The Labute approximate surface area is 200 Å². The zero-order valence-electron chi connectivity index (χ0n) is 19.0. The molecule has 2 N–H and O–H groups in total. The van der Waals surface area contributed by atoms with E-state index in [4.69, 9.17) is 0 Å². The fourth-order valence-electron chi connectivity index (χ4n) is 4.50. The third-order valence-electron chi connectivity index (χ3n) is 6.36. The number of piperazine rings is 1. The molecule has 0 atom stereocenters. The van der Waals surface area contributed by atoms with E-state index in [0.717, 1.165) is 18.7 Å². The van der Waals surface area contributed by atoms with Crippen molar-refractivity contribution in [2.75, 3.05) is 38.0 Å². The van der Waals surface area contributed by atoms with Crippen LogP contribution in [0.2, 0.25) is 0 Å². The number of rotatable bonds is 4. The average Bonchev–Trinajstić information content (AvgIpc) is 2.91. The first-order valence-corrected chi connectivity index (χ1v) is 11.5. The molecule has 0 unspecified atom stereocenters. The van der Waals surface area contributed by atoms with Crippen LogP contribution >= 0.6 is 0 Å². The lowest BCUT2D eigenvalue weighted by molar-refractivity contribution is 0.0532. The van der Waals surface area contributed by atoms with Gasteiger partial charge in [-0.25, -0.2) is 19.5 Å². The van der Waals surface area contributed by atoms with Crippen LogP contribution in [0.1, 0.15) is 44.0 Å². The van der Waals surface area contributed by atoms with Crippen molar-refractivity contribution in [3.05, 3.63) is 81.0 Å². The summed E-state index contributed by atoms with van der Waals surface area (Å²) in [7, 11) is 0. The van der Waals surface area contributed by atoms with E-state index in [1.54, 1.807) is 21.9 Å². The van der Waals surface area contributed by atoms with Gasteiger partial charge < -0.3 is 15.1 Å². The van der Waals surface area contributed by atoms with Crippen molar-refractivity contribution in [2.24, 2.45) is 0 Å². The van der Waals surface area contributed by atoms with E-state index in [0.29, 0.717) is 61.4 Å². The van der Waals surface area contributed by atoms with Gasteiger partial charge in [0, 0.05) is 57.1 Å². The van der Waals surface area contributed by atoms with Crippen LogP contribution in [0.4, 0.5) is 10.1 Å². The summed E-state index contributed by atoms with van der Waals surface area (Å²) in [4.78, 5) is 48.7. The van der Waals surface area contributed by atoms with E-state index in [1.165, 1.54) is 24.8 Å². The molecule has 1 aromatic carbocycles. The summed E-state index contributed by atoms with van der Waals surface area (Å²) in [5.74, 6) is -1.22. The normalized spacial score (nSPS) is 15.3. The predicted octanol–water partition coefficient (Wildman–Crippen LogP) is 1.25. The summed E-state index contributed by atoms with van der Waals surface area (Å²) < 4.78 is 14.7. The van der Waals surface area contributed by atoms with E-state index >= 15 is 0 Å². The topological polar surface area (TPSA) is 124 Å². The van der Waals surface area contributed by atoms with Gasteiger partial charge in [0.05, 0.1) is 22.5 Å². The van der Waals surface area contributed by atoms with Crippen LogP contribution in [0.15, 0.2) is 41.7 Å². The Hall–Kier alpha value is -4.15. The van der Waals surface area contributed by atoms with E-state index < -0.39 is 11.7 Å². The number of aromatic amines is 1. The Kier molecular flexibility index (Phi) is 6.21. The Bertz CT molecular complexity index is 1320. The summed E-state index contributed by atoms with van der Waals surface area (Å²) in [6.07, 6.45) is 6.15. The van der Waals surface area contributed by atoms with Crippen LogP contribution in [-0.4, -0.2) is 74.5 Å². The van der Waals surface area contributed by atoms with Crippen molar-refractivity contribution in [1.82, 2.24) is 30.0 Å². The molecule has 5 rings (SSSR count). The SMILES string of the molecule is O=C(c1cncnc1)N1CCN(C(=O)c2cc(Cc3n[nH]c(=O)c4c3NCCC4)ccc2F)CC1. The molecule has 3 aromatic rings. The lowest BCUT2D eigenvalue weighted by Gasteiger charge is -2.34. The molecule has 0 aliphatic carbocycles. The second-order valence-electron chi connectivity index (χ2n) is 8.59. The second kappa shape index (κ2) is 9.61. The summed E-state index contributed by atoms with van der Waals surface area (Å²) in [5, 5.41) is 9.97. The zero-order valence-corrected chi connectivity index (χ0v) is 19.0. The molecule has 35 heavy (non-hydrogen) atoms. The molecule has 0 spiro atoms. The molecule has 2 aliphatic heterocycles. The van der Waals surface area contributed by atoms with Gasteiger partial charge >= 0.3 is 0 Å². The minimum atomic E-state index is -0.603. The van der Waals surface area contributed by atoms with Crippen molar-refractivity contribution in [1.29, 1.82) is 0 Å². The number of hydrogen-bond acceptors (Lipinski definition) is 7. The number of fused-ring (bicyclic) bond motifs is 1. The highest BCUT2D eigenvalue weighted by atomic mass is 19.1. The van der Waals surface area contributed by atoms with Crippen molar-refractivity contribution in [3.63, 3.8) is 0 Å². The number of nitrogens with zero attached hydrogens (tertiary/aromatic N) is 5. The molecule has 4 heterocycles. The number of anilines is 1. The number of carbonyl (C=O) groups excluding carboxylic acids is 2. The monoisotopic (exact) mass is 477 g/mol. The average molecular weight is 478 g/mol. The fraction of sp³-hybridized carbons (Fsp3) is 0.333. The van der Waals surface area contributed by atoms with Crippen molar-refractivity contribution in [3.8, 4) is 0 Å². The summed E-state index contributed by atoms with van der Waals surface area (Å²) in [5.41, 5.74) is 2.92. The van der Waals surface area contributed by atoms with Gasteiger partial charge in [-0.2, -0.15) is 5.10 Å². The maximum Gasteiger partial charge on any atom is 0.269 e. The third kappa shape index (κ3) is 4.61. The number of amides is 2. The molecule has 180 valence electrons. The molecule has 2 amide bonds. The lowest BCUT2D eigenvalue weighted by Crippen LogP contribution is -2.50. The number of carbonyl (C=O) groups is 2. The smallest absolute Gasteiger partial charge is 0.269 e. The number of benzene rings is 1. The van der Waals surface area contributed by atoms with E-state index in [9.17, 15) is 18.8 Å². The van der Waals surface area contributed by atoms with Crippen molar-refractivity contribution in [2.45, 2.75) is 19.3 Å². The third-order valence-corrected chi connectivity index (χ3v) is 6.36. The van der Waals surface area contributed by atoms with Crippen molar-refractivity contribution < 1.29 is 14.0 Å². The van der Waals surface area contributed by atoms with Gasteiger partial charge in [-0.3, -0.25) is 14.4 Å². The highest BCUT2D eigenvalue weighted by Crippen LogP contribution is 2.24. The van der Waals surface area contributed by atoms with Gasteiger partial charge in [0.2, 0.25) is 0 Å². The summed E-state index contributed by atoms with van der Waals surface area (Å²) in [6.45, 7) is 2.01. The van der Waals surface area contributed by atoms with Gasteiger partial charge in [-0.05, 0) is 30.5 Å². The molecule has 0 radical (unpaired) electrons. The van der Waals surface area contributed by atoms with Crippen molar-refractivity contribution >= 4 is 17.5 Å². The van der Waals surface area contributed by atoms with Gasteiger partial charge in [0.15, 0.2) is 0 Å². The number of halogens is 1. The summed E-state index contributed by atoms with van der Waals surface area (Å²) >= 11 is 0. The largest absolute Gasteiger partial charge is 0.383 e. The molecule has 11 heteroatoms. The van der Waals surface area contributed by atoms with Gasteiger partial charge in [0.1, 0.15) is 12.1 Å². The Morgan fingerprint density at radius 2 is 1.74 bits per heavy atom.